The molecule has 0 radical (unpaired) electrons. The third-order valence-corrected chi connectivity index (χ3v) is 4.43. The highest BCUT2D eigenvalue weighted by Gasteiger charge is 1.92. The molecule has 5 aromatic rings. The smallest absolute Gasteiger partial charge is 0.0184 e. The third-order valence-electron chi connectivity index (χ3n) is 4.43. The van der Waals surface area contributed by atoms with E-state index in [0.29, 0.717) is 0 Å². The zero-order valence-electron chi connectivity index (χ0n) is 17.5. The first-order valence-corrected chi connectivity index (χ1v) is 10.1. The van der Waals surface area contributed by atoms with Crippen molar-refractivity contribution >= 4 is 0 Å². The molecule has 0 saturated heterocycles. The van der Waals surface area contributed by atoms with Crippen LogP contribution in [0.2, 0.25) is 0 Å². The first kappa shape index (κ1) is 23.3. The van der Waals surface area contributed by atoms with Crippen LogP contribution in [0.15, 0.2) is 158 Å². The van der Waals surface area contributed by atoms with Gasteiger partial charge in [-0.05, 0) is 22.3 Å². The summed E-state index contributed by atoms with van der Waals surface area (Å²) in [5.41, 5.74) is 5.10. The van der Waals surface area contributed by atoms with Gasteiger partial charge in [-0.25, -0.2) is 0 Å². The van der Waals surface area contributed by atoms with E-state index in [9.17, 15) is 0 Å². The van der Waals surface area contributed by atoms with Crippen LogP contribution in [0.5, 0.6) is 0 Å². The van der Waals surface area contributed by atoms with Crippen molar-refractivity contribution < 1.29 is 5.48 Å². The lowest BCUT2D eigenvalue weighted by atomic mass is 10.1. The van der Waals surface area contributed by atoms with E-state index in [1.54, 1.807) is 0 Å². The molecule has 1 heteroatoms. The van der Waals surface area contributed by atoms with E-state index in [1.807, 2.05) is 60.7 Å². The fraction of sp³-hybridized carbons (Fsp3) is 0. The normalized spacial score (nSPS) is 9.03. The lowest BCUT2D eigenvalue weighted by Gasteiger charge is -1.98. The molecule has 0 fully saturated rings. The summed E-state index contributed by atoms with van der Waals surface area (Å²) in [6.07, 6.45) is 0. The van der Waals surface area contributed by atoms with Gasteiger partial charge in [-0.1, -0.05) is 158 Å². The van der Waals surface area contributed by atoms with Gasteiger partial charge in [0.25, 0.3) is 0 Å². The highest BCUT2D eigenvalue weighted by atomic mass is 16.0. The Morgan fingerprint density at radius 2 is 0.323 bits per heavy atom. The van der Waals surface area contributed by atoms with Gasteiger partial charge in [0.2, 0.25) is 0 Å². The molecule has 0 atom stereocenters. The highest BCUT2D eigenvalue weighted by molar-refractivity contribution is 5.63. The lowest BCUT2D eigenvalue weighted by Crippen LogP contribution is -1.73. The maximum Gasteiger partial charge on any atom is -0.0184 e. The molecule has 0 bridgehead atoms. The van der Waals surface area contributed by atoms with Crippen molar-refractivity contribution in [2.45, 2.75) is 0 Å². The maximum atomic E-state index is 2.12. The number of hydrogen-bond donors (Lipinski definition) is 0. The van der Waals surface area contributed by atoms with E-state index < -0.39 is 0 Å². The Morgan fingerprint density at radius 1 is 0.194 bits per heavy atom. The molecule has 0 heterocycles. The first-order chi connectivity index (χ1) is 14.9. The molecule has 5 aromatic carbocycles. The van der Waals surface area contributed by atoms with Crippen LogP contribution in [0, 0.1) is 0 Å². The van der Waals surface area contributed by atoms with Crippen molar-refractivity contribution in [3.05, 3.63) is 158 Å². The van der Waals surface area contributed by atoms with Crippen LogP contribution in [-0.2, 0) is 0 Å². The molecule has 0 aliphatic rings. The fourth-order valence-corrected chi connectivity index (χ4v) is 2.91. The lowest BCUT2D eigenvalue weighted by molar-refractivity contribution is 0.824. The quantitative estimate of drug-likeness (QED) is 0.291. The van der Waals surface area contributed by atoms with Crippen molar-refractivity contribution in [1.29, 1.82) is 0 Å². The zero-order chi connectivity index (χ0) is 20.7. The van der Waals surface area contributed by atoms with Gasteiger partial charge in [0.15, 0.2) is 0 Å². The van der Waals surface area contributed by atoms with Gasteiger partial charge in [-0.15, -0.1) is 0 Å². The maximum absolute atomic E-state index is 2.12. The highest BCUT2D eigenvalue weighted by Crippen LogP contribution is 2.18. The Bertz CT molecular complexity index is 869. The van der Waals surface area contributed by atoms with Crippen LogP contribution in [0.1, 0.15) is 0 Å². The summed E-state index contributed by atoms with van der Waals surface area (Å²) in [5.74, 6) is 0. The fourth-order valence-electron chi connectivity index (χ4n) is 2.91. The summed E-state index contributed by atoms with van der Waals surface area (Å²) in [7, 11) is 0. The van der Waals surface area contributed by atoms with Gasteiger partial charge >= 0.3 is 0 Å². The summed E-state index contributed by atoms with van der Waals surface area (Å²) < 4.78 is 0. The van der Waals surface area contributed by atoms with Crippen LogP contribution in [-0.4, -0.2) is 5.48 Å². The minimum absolute atomic E-state index is 0. The van der Waals surface area contributed by atoms with E-state index in [1.165, 1.54) is 22.3 Å². The topological polar surface area (TPSA) is 31.5 Å². The average Bonchev–Trinajstić information content (AvgIpc) is 2.88. The van der Waals surface area contributed by atoms with Gasteiger partial charge in [0, 0.05) is 0 Å². The number of rotatable bonds is 2. The molecule has 0 unspecified atom stereocenters. The largest absolute Gasteiger partial charge is 0.412 e. The minimum Gasteiger partial charge on any atom is -0.412 e. The number of hydrogen-bond acceptors (Lipinski definition) is 0. The van der Waals surface area contributed by atoms with E-state index in [0.717, 1.165) is 0 Å². The molecule has 0 saturated carbocycles. The Labute approximate surface area is 185 Å². The Hall–Kier alpha value is -3.94. The molecule has 0 aromatic heterocycles. The second-order valence-corrected chi connectivity index (χ2v) is 6.62. The Morgan fingerprint density at radius 3 is 0.484 bits per heavy atom. The molecule has 0 spiro atoms. The Balaban J connectivity index is 0.000000172. The molecule has 1 nitrogen and oxygen atoms in total. The average molecular weight is 405 g/mol. The molecule has 0 amide bonds. The van der Waals surface area contributed by atoms with E-state index in [2.05, 4.69) is 97.1 Å². The van der Waals surface area contributed by atoms with Crippen LogP contribution < -0.4 is 0 Å². The summed E-state index contributed by atoms with van der Waals surface area (Å²) in [6, 6.07) is 53.6. The SMILES string of the molecule is O.c1ccc(-c2ccccc2)cc1.c1ccc(-c2ccccc2)cc1.c1ccccc1. The molecule has 154 valence electrons. The van der Waals surface area contributed by atoms with Gasteiger partial charge in [0.05, 0.1) is 0 Å². The summed E-state index contributed by atoms with van der Waals surface area (Å²) in [6.45, 7) is 0. The third kappa shape index (κ3) is 8.53. The summed E-state index contributed by atoms with van der Waals surface area (Å²) in [5, 5.41) is 0. The molecule has 0 aliphatic heterocycles. The monoisotopic (exact) mass is 404 g/mol. The molecular weight excluding hydrogens is 376 g/mol. The van der Waals surface area contributed by atoms with Crippen LogP contribution >= 0.6 is 0 Å². The van der Waals surface area contributed by atoms with Gasteiger partial charge in [0.1, 0.15) is 0 Å². The van der Waals surface area contributed by atoms with Crippen molar-refractivity contribution in [3.63, 3.8) is 0 Å². The predicted octanol–water partition coefficient (Wildman–Crippen LogP) is 7.57. The zero-order valence-corrected chi connectivity index (χ0v) is 17.5. The van der Waals surface area contributed by atoms with Crippen LogP contribution in [0.25, 0.3) is 22.3 Å². The summed E-state index contributed by atoms with van der Waals surface area (Å²) >= 11 is 0. The van der Waals surface area contributed by atoms with Gasteiger partial charge in [-0.3, -0.25) is 0 Å². The number of benzene rings is 5. The molecule has 0 aliphatic carbocycles. The summed E-state index contributed by atoms with van der Waals surface area (Å²) in [4.78, 5) is 0. The standard InChI is InChI=1S/2C12H10.C6H6.H2O/c2*1-3-7-11(8-4-1)12-9-5-2-6-10-12;1-2-4-6-5-3-1;/h2*1-10H;1-6H;1H2. The van der Waals surface area contributed by atoms with Crippen molar-refractivity contribution in [2.24, 2.45) is 0 Å². The molecule has 5 rings (SSSR count). The van der Waals surface area contributed by atoms with Crippen molar-refractivity contribution in [2.75, 3.05) is 0 Å². The first-order valence-electron chi connectivity index (χ1n) is 10.1. The minimum atomic E-state index is 0. The van der Waals surface area contributed by atoms with Crippen LogP contribution in [0.3, 0.4) is 0 Å². The van der Waals surface area contributed by atoms with Crippen molar-refractivity contribution in [3.8, 4) is 22.3 Å². The molecule has 31 heavy (non-hydrogen) atoms. The van der Waals surface area contributed by atoms with Crippen molar-refractivity contribution in [1.82, 2.24) is 0 Å². The molecule has 2 N–H and O–H groups in total. The van der Waals surface area contributed by atoms with E-state index >= 15 is 0 Å². The second kappa shape index (κ2) is 14.1. The molecular formula is C30H28O. The van der Waals surface area contributed by atoms with Gasteiger partial charge in [-0.2, -0.15) is 0 Å². The Kier molecular flexibility index (Phi) is 10.6. The van der Waals surface area contributed by atoms with E-state index in [4.69, 9.17) is 0 Å². The predicted molar refractivity (Wildman–Crippen MR) is 134 cm³/mol. The van der Waals surface area contributed by atoms with Crippen LogP contribution in [0.4, 0.5) is 0 Å². The van der Waals surface area contributed by atoms with Gasteiger partial charge < -0.3 is 5.48 Å². The second-order valence-electron chi connectivity index (χ2n) is 6.62. The van der Waals surface area contributed by atoms with E-state index in [-0.39, 0.29) is 5.48 Å².